The van der Waals surface area contributed by atoms with Crippen LogP contribution < -0.4 is 5.32 Å². The Balaban J connectivity index is 2.13. The van der Waals surface area contributed by atoms with Gasteiger partial charge in [0.15, 0.2) is 0 Å². The molecule has 1 aromatic heterocycles. The molecule has 1 fully saturated rings. The fourth-order valence-electron chi connectivity index (χ4n) is 2.68. The first-order chi connectivity index (χ1) is 9.54. The Morgan fingerprint density at radius 2 is 2.10 bits per heavy atom. The summed E-state index contributed by atoms with van der Waals surface area (Å²) in [5, 5.41) is 3.04. The Hall–Kier alpha value is -1.14. The summed E-state index contributed by atoms with van der Waals surface area (Å²) in [5.41, 5.74) is 0. The van der Waals surface area contributed by atoms with Gasteiger partial charge in [-0.15, -0.1) is 0 Å². The Bertz CT molecular complexity index is 539. The fraction of sp³-hybridized carbons (Fsp3) is 0.643. The molecule has 2 rings (SSSR count). The molecule has 0 spiro atoms. The van der Waals surface area contributed by atoms with E-state index in [0.29, 0.717) is 29.7 Å². The van der Waals surface area contributed by atoms with Crippen LogP contribution in [0.5, 0.6) is 0 Å². The van der Waals surface area contributed by atoms with Crippen LogP contribution in [-0.2, 0) is 10.0 Å². The molecular formula is C14H23N3O2S. The van der Waals surface area contributed by atoms with Gasteiger partial charge in [0.2, 0.25) is 10.0 Å². The fourth-order valence-corrected chi connectivity index (χ4v) is 3.94. The molecule has 0 bridgehead atoms. The van der Waals surface area contributed by atoms with Gasteiger partial charge >= 0.3 is 0 Å². The third-order valence-electron chi connectivity index (χ3n) is 3.79. The summed E-state index contributed by atoms with van der Waals surface area (Å²) in [6.07, 6.45) is 6.25. The van der Waals surface area contributed by atoms with E-state index in [1.807, 2.05) is 6.92 Å². The van der Waals surface area contributed by atoms with Gasteiger partial charge in [-0.25, -0.2) is 17.7 Å². The summed E-state index contributed by atoms with van der Waals surface area (Å²) in [6.45, 7) is 3.28. The normalized spacial score (nSPS) is 16.8. The molecule has 0 unspecified atom stereocenters. The van der Waals surface area contributed by atoms with Crippen molar-refractivity contribution in [2.24, 2.45) is 5.92 Å². The second-order valence-electron chi connectivity index (χ2n) is 5.34. The third-order valence-corrected chi connectivity index (χ3v) is 5.61. The summed E-state index contributed by atoms with van der Waals surface area (Å²) in [7, 11) is -1.75. The van der Waals surface area contributed by atoms with E-state index in [4.69, 9.17) is 0 Å². The maximum atomic E-state index is 12.5. The molecule has 0 aromatic carbocycles. The highest BCUT2D eigenvalue weighted by Gasteiger charge is 2.25. The van der Waals surface area contributed by atoms with Crippen molar-refractivity contribution in [2.75, 3.05) is 25.5 Å². The predicted octanol–water partition coefficient (Wildman–Crippen LogP) is 2.32. The van der Waals surface area contributed by atoms with E-state index in [0.717, 1.165) is 12.8 Å². The smallest absolute Gasteiger partial charge is 0.243 e. The van der Waals surface area contributed by atoms with E-state index >= 15 is 0 Å². The second-order valence-corrected chi connectivity index (χ2v) is 7.39. The first-order valence-corrected chi connectivity index (χ1v) is 8.64. The van der Waals surface area contributed by atoms with Crippen molar-refractivity contribution in [2.45, 2.75) is 37.5 Å². The van der Waals surface area contributed by atoms with Crippen molar-refractivity contribution in [3.63, 3.8) is 0 Å². The van der Waals surface area contributed by atoms with E-state index in [2.05, 4.69) is 10.3 Å². The molecule has 112 valence electrons. The van der Waals surface area contributed by atoms with Gasteiger partial charge in [0, 0.05) is 32.4 Å². The largest absolute Gasteiger partial charge is 0.370 e. The lowest BCUT2D eigenvalue weighted by atomic mass is 10.1. The zero-order valence-corrected chi connectivity index (χ0v) is 13.0. The van der Waals surface area contributed by atoms with Gasteiger partial charge in [-0.1, -0.05) is 12.8 Å². The predicted molar refractivity (Wildman–Crippen MR) is 80.2 cm³/mol. The molecule has 0 radical (unpaired) electrons. The monoisotopic (exact) mass is 297 g/mol. The number of nitrogens with one attached hydrogen (secondary N) is 1. The quantitative estimate of drug-likeness (QED) is 0.875. The maximum absolute atomic E-state index is 12.5. The van der Waals surface area contributed by atoms with Crippen molar-refractivity contribution in [3.05, 3.63) is 18.3 Å². The minimum atomic E-state index is -3.41. The van der Waals surface area contributed by atoms with Crippen LogP contribution in [0, 0.1) is 5.92 Å². The van der Waals surface area contributed by atoms with Crippen molar-refractivity contribution < 1.29 is 8.42 Å². The van der Waals surface area contributed by atoms with Crippen LogP contribution in [0.3, 0.4) is 0 Å². The Morgan fingerprint density at radius 1 is 1.40 bits per heavy atom. The lowest BCUT2D eigenvalue weighted by molar-refractivity contribution is 0.387. The number of sulfonamides is 1. The van der Waals surface area contributed by atoms with Crippen LogP contribution in [0.25, 0.3) is 0 Å². The second kappa shape index (κ2) is 6.54. The molecule has 1 N–H and O–H groups in total. The van der Waals surface area contributed by atoms with Gasteiger partial charge in [0.1, 0.15) is 5.82 Å². The highest BCUT2D eigenvalue weighted by molar-refractivity contribution is 7.89. The first-order valence-electron chi connectivity index (χ1n) is 7.20. The lowest BCUT2D eigenvalue weighted by Gasteiger charge is -2.21. The van der Waals surface area contributed by atoms with Crippen LogP contribution in [0.1, 0.15) is 32.6 Å². The van der Waals surface area contributed by atoms with Crippen molar-refractivity contribution >= 4 is 15.8 Å². The van der Waals surface area contributed by atoms with Gasteiger partial charge in [-0.2, -0.15) is 0 Å². The van der Waals surface area contributed by atoms with E-state index in [-0.39, 0.29) is 0 Å². The SMILES string of the molecule is CCNc1cc(S(=O)(=O)N(C)CC2CCCC2)ccn1. The van der Waals surface area contributed by atoms with Crippen LogP contribution in [0.4, 0.5) is 5.82 Å². The summed E-state index contributed by atoms with van der Waals surface area (Å²) < 4.78 is 26.6. The van der Waals surface area contributed by atoms with Gasteiger partial charge < -0.3 is 5.32 Å². The topological polar surface area (TPSA) is 62.3 Å². The van der Waals surface area contributed by atoms with Gasteiger partial charge in [0.05, 0.1) is 4.90 Å². The average molecular weight is 297 g/mol. The molecule has 0 aliphatic heterocycles. The lowest BCUT2D eigenvalue weighted by Crippen LogP contribution is -2.31. The van der Waals surface area contributed by atoms with Gasteiger partial charge in [-0.05, 0) is 31.7 Å². The number of anilines is 1. The molecule has 0 atom stereocenters. The number of hydrogen-bond acceptors (Lipinski definition) is 4. The standard InChI is InChI=1S/C14H23N3O2S/c1-3-15-14-10-13(8-9-16-14)20(18,19)17(2)11-12-6-4-5-7-12/h8-10,12H,3-7,11H2,1-2H3,(H,15,16). The number of nitrogens with zero attached hydrogens (tertiary/aromatic N) is 2. The summed E-state index contributed by atoms with van der Waals surface area (Å²) >= 11 is 0. The van der Waals surface area contributed by atoms with Crippen molar-refractivity contribution in [1.29, 1.82) is 0 Å². The summed E-state index contributed by atoms with van der Waals surface area (Å²) in [4.78, 5) is 4.42. The van der Waals surface area contributed by atoms with Crippen LogP contribution in [0.15, 0.2) is 23.2 Å². The minimum Gasteiger partial charge on any atom is -0.370 e. The molecule has 1 aliphatic carbocycles. The van der Waals surface area contributed by atoms with Crippen molar-refractivity contribution in [3.8, 4) is 0 Å². The van der Waals surface area contributed by atoms with Crippen LogP contribution in [-0.4, -0.2) is 37.8 Å². The molecule has 1 heterocycles. The molecule has 5 nitrogen and oxygen atoms in total. The maximum Gasteiger partial charge on any atom is 0.243 e. The van der Waals surface area contributed by atoms with Crippen molar-refractivity contribution in [1.82, 2.24) is 9.29 Å². The summed E-state index contributed by atoms with van der Waals surface area (Å²) in [6, 6.07) is 3.16. The molecule has 20 heavy (non-hydrogen) atoms. The average Bonchev–Trinajstić information content (AvgIpc) is 2.92. The first kappa shape index (κ1) is 15.3. The summed E-state index contributed by atoms with van der Waals surface area (Å²) in [5.74, 6) is 1.10. The molecular weight excluding hydrogens is 274 g/mol. The highest BCUT2D eigenvalue weighted by Crippen LogP contribution is 2.27. The Labute approximate surface area is 121 Å². The number of aromatic nitrogens is 1. The van der Waals surface area contributed by atoms with E-state index in [9.17, 15) is 8.42 Å². The van der Waals surface area contributed by atoms with E-state index in [1.165, 1.54) is 23.3 Å². The third kappa shape index (κ3) is 3.49. The van der Waals surface area contributed by atoms with Crippen LogP contribution >= 0.6 is 0 Å². The minimum absolute atomic E-state index is 0.309. The van der Waals surface area contributed by atoms with Crippen LogP contribution in [0.2, 0.25) is 0 Å². The molecule has 1 aliphatic rings. The molecule has 0 amide bonds. The number of hydrogen-bond donors (Lipinski definition) is 1. The van der Waals surface area contributed by atoms with E-state index in [1.54, 1.807) is 19.2 Å². The van der Waals surface area contributed by atoms with Gasteiger partial charge in [-0.3, -0.25) is 0 Å². The Kier molecular flexibility index (Phi) is 4.99. The zero-order valence-electron chi connectivity index (χ0n) is 12.2. The van der Waals surface area contributed by atoms with Gasteiger partial charge in [0.25, 0.3) is 0 Å². The number of rotatable bonds is 6. The molecule has 6 heteroatoms. The number of pyridine rings is 1. The molecule has 0 saturated heterocycles. The Morgan fingerprint density at radius 3 is 2.75 bits per heavy atom. The zero-order chi connectivity index (χ0) is 14.6. The van der Waals surface area contributed by atoms with E-state index < -0.39 is 10.0 Å². The molecule has 1 aromatic rings. The highest BCUT2D eigenvalue weighted by atomic mass is 32.2. The molecule has 1 saturated carbocycles.